The van der Waals surface area contributed by atoms with Crippen LogP contribution < -0.4 is 5.32 Å². The third-order valence-corrected chi connectivity index (χ3v) is 6.23. The van der Waals surface area contributed by atoms with Gasteiger partial charge < -0.3 is 5.32 Å². The minimum Gasteiger partial charge on any atom is -0.319 e. The van der Waals surface area contributed by atoms with Gasteiger partial charge in [-0.1, -0.05) is 26.0 Å². The molecule has 5 heteroatoms. The summed E-state index contributed by atoms with van der Waals surface area (Å²) in [5.41, 5.74) is 1.16. The average Bonchev–Trinajstić information content (AvgIpc) is 2.96. The van der Waals surface area contributed by atoms with Gasteiger partial charge in [-0.2, -0.15) is 4.31 Å². The van der Waals surface area contributed by atoms with Crippen LogP contribution in [-0.2, 0) is 16.4 Å². The van der Waals surface area contributed by atoms with Gasteiger partial charge in [0.2, 0.25) is 10.0 Å². The lowest BCUT2D eigenvalue weighted by Gasteiger charge is -2.18. The Morgan fingerprint density at radius 3 is 2.48 bits per heavy atom. The summed E-state index contributed by atoms with van der Waals surface area (Å²) < 4.78 is 26.9. The quantitative estimate of drug-likeness (QED) is 0.875. The lowest BCUT2D eigenvalue weighted by Crippen LogP contribution is -2.29. The van der Waals surface area contributed by atoms with E-state index in [2.05, 4.69) is 19.2 Å². The molecule has 0 bridgehead atoms. The zero-order valence-corrected chi connectivity index (χ0v) is 14.0. The smallest absolute Gasteiger partial charge is 0.243 e. The molecule has 0 radical (unpaired) electrons. The maximum atomic E-state index is 12.6. The van der Waals surface area contributed by atoms with Crippen molar-refractivity contribution in [2.24, 2.45) is 11.8 Å². The van der Waals surface area contributed by atoms with Crippen LogP contribution in [0.25, 0.3) is 0 Å². The molecule has 118 valence electrons. The molecule has 0 saturated carbocycles. The lowest BCUT2D eigenvalue weighted by molar-refractivity contribution is 0.388. The van der Waals surface area contributed by atoms with Gasteiger partial charge in [-0.15, -0.1) is 0 Å². The molecule has 4 nitrogen and oxygen atoms in total. The first-order chi connectivity index (χ1) is 9.95. The first-order valence-electron chi connectivity index (χ1n) is 7.69. The molecule has 0 amide bonds. The topological polar surface area (TPSA) is 49.4 Å². The maximum Gasteiger partial charge on any atom is 0.243 e. The Hall–Kier alpha value is -0.910. The molecule has 0 aromatic heterocycles. The predicted molar refractivity (Wildman–Crippen MR) is 85.8 cm³/mol. The summed E-state index contributed by atoms with van der Waals surface area (Å²) in [4.78, 5) is 0.417. The zero-order valence-electron chi connectivity index (χ0n) is 13.2. The van der Waals surface area contributed by atoms with Crippen LogP contribution in [0, 0.1) is 11.8 Å². The number of hydrogen-bond donors (Lipinski definition) is 1. The van der Waals surface area contributed by atoms with Crippen molar-refractivity contribution in [1.29, 1.82) is 0 Å². The molecule has 1 aromatic carbocycles. The first kappa shape index (κ1) is 16.5. The minimum absolute atomic E-state index is 0.417. The number of benzene rings is 1. The Bertz CT molecular complexity index is 552. The van der Waals surface area contributed by atoms with Gasteiger partial charge in [-0.25, -0.2) is 8.42 Å². The van der Waals surface area contributed by atoms with Crippen molar-refractivity contribution >= 4 is 10.0 Å². The molecule has 1 N–H and O–H groups in total. The summed E-state index contributed by atoms with van der Waals surface area (Å²) in [7, 11) is -1.41. The van der Waals surface area contributed by atoms with E-state index in [0.717, 1.165) is 24.9 Å². The largest absolute Gasteiger partial charge is 0.319 e. The van der Waals surface area contributed by atoms with E-state index < -0.39 is 10.0 Å². The normalized spacial score (nSPS) is 20.3. The molecule has 2 rings (SSSR count). The summed E-state index contributed by atoms with van der Waals surface area (Å²) in [6.07, 6.45) is 1.88. The van der Waals surface area contributed by atoms with Gasteiger partial charge in [0.15, 0.2) is 0 Å². The van der Waals surface area contributed by atoms with Gasteiger partial charge in [0.25, 0.3) is 0 Å². The summed E-state index contributed by atoms with van der Waals surface area (Å²) in [5, 5.41) is 3.09. The molecule has 1 atom stereocenters. The average molecular weight is 310 g/mol. The highest BCUT2D eigenvalue weighted by Crippen LogP contribution is 2.28. The molecule has 0 spiro atoms. The second kappa shape index (κ2) is 6.90. The molecule has 1 aliphatic rings. The van der Waals surface area contributed by atoms with E-state index in [-0.39, 0.29) is 0 Å². The van der Waals surface area contributed by atoms with Crippen LogP contribution in [0.2, 0.25) is 0 Å². The van der Waals surface area contributed by atoms with Crippen LogP contribution >= 0.6 is 0 Å². The molecular formula is C16H26N2O2S. The van der Waals surface area contributed by atoms with E-state index in [1.54, 1.807) is 16.4 Å². The SMILES string of the molecule is CNCCc1ccc(S(=O)(=O)N2CCC(C(C)C)C2)cc1. The fraction of sp³-hybridized carbons (Fsp3) is 0.625. The predicted octanol–water partition coefficient (Wildman–Crippen LogP) is 2.12. The van der Waals surface area contributed by atoms with E-state index in [4.69, 9.17) is 0 Å². The molecule has 1 aromatic rings. The van der Waals surface area contributed by atoms with Crippen molar-refractivity contribution in [3.63, 3.8) is 0 Å². The zero-order chi connectivity index (χ0) is 15.5. The van der Waals surface area contributed by atoms with Gasteiger partial charge in [0.05, 0.1) is 4.90 Å². The fourth-order valence-electron chi connectivity index (χ4n) is 2.76. The van der Waals surface area contributed by atoms with Gasteiger partial charge >= 0.3 is 0 Å². The van der Waals surface area contributed by atoms with E-state index in [1.165, 1.54) is 0 Å². The Balaban J connectivity index is 2.09. The number of likely N-dealkylation sites (N-methyl/N-ethyl adjacent to an activating group) is 1. The van der Waals surface area contributed by atoms with E-state index >= 15 is 0 Å². The van der Waals surface area contributed by atoms with Crippen LogP contribution in [0.1, 0.15) is 25.8 Å². The third-order valence-electron chi connectivity index (χ3n) is 4.36. The molecule has 0 aliphatic carbocycles. The number of nitrogens with zero attached hydrogens (tertiary/aromatic N) is 1. The molecule has 21 heavy (non-hydrogen) atoms. The Kier molecular flexibility index (Phi) is 5.41. The molecule has 1 saturated heterocycles. The second-order valence-electron chi connectivity index (χ2n) is 6.15. The number of hydrogen-bond acceptors (Lipinski definition) is 3. The highest BCUT2D eigenvalue weighted by atomic mass is 32.2. The maximum absolute atomic E-state index is 12.6. The first-order valence-corrected chi connectivity index (χ1v) is 9.13. The van der Waals surface area contributed by atoms with Crippen LogP contribution in [0.4, 0.5) is 0 Å². The van der Waals surface area contributed by atoms with Crippen molar-refractivity contribution in [2.45, 2.75) is 31.6 Å². The molecule has 1 aliphatic heterocycles. The van der Waals surface area contributed by atoms with Crippen molar-refractivity contribution in [2.75, 3.05) is 26.7 Å². The molecule has 1 fully saturated rings. The molecular weight excluding hydrogens is 284 g/mol. The summed E-state index contributed by atoms with van der Waals surface area (Å²) in [6, 6.07) is 7.31. The Morgan fingerprint density at radius 2 is 1.95 bits per heavy atom. The van der Waals surface area contributed by atoms with Crippen LogP contribution in [0.3, 0.4) is 0 Å². The van der Waals surface area contributed by atoms with Gasteiger partial charge in [-0.05, 0) is 56.0 Å². The van der Waals surface area contributed by atoms with Crippen molar-refractivity contribution in [1.82, 2.24) is 9.62 Å². The van der Waals surface area contributed by atoms with Crippen molar-refractivity contribution < 1.29 is 8.42 Å². The van der Waals surface area contributed by atoms with Gasteiger partial charge in [0, 0.05) is 13.1 Å². The highest BCUT2D eigenvalue weighted by Gasteiger charge is 2.33. The van der Waals surface area contributed by atoms with E-state index in [1.807, 2.05) is 19.2 Å². The Morgan fingerprint density at radius 1 is 1.29 bits per heavy atom. The van der Waals surface area contributed by atoms with Gasteiger partial charge in [0.1, 0.15) is 0 Å². The van der Waals surface area contributed by atoms with E-state index in [9.17, 15) is 8.42 Å². The number of rotatable bonds is 6. The monoisotopic (exact) mass is 310 g/mol. The van der Waals surface area contributed by atoms with Crippen LogP contribution in [0.5, 0.6) is 0 Å². The fourth-order valence-corrected chi connectivity index (χ4v) is 4.27. The summed E-state index contributed by atoms with van der Waals surface area (Å²) in [6.45, 7) is 6.52. The van der Waals surface area contributed by atoms with Crippen LogP contribution in [-0.4, -0.2) is 39.4 Å². The summed E-state index contributed by atoms with van der Waals surface area (Å²) >= 11 is 0. The minimum atomic E-state index is -3.32. The highest BCUT2D eigenvalue weighted by molar-refractivity contribution is 7.89. The van der Waals surface area contributed by atoms with E-state index in [0.29, 0.717) is 29.8 Å². The summed E-state index contributed by atoms with van der Waals surface area (Å²) in [5.74, 6) is 1.02. The molecule has 1 unspecified atom stereocenters. The lowest BCUT2D eigenvalue weighted by atomic mass is 9.96. The Labute approximate surface area is 128 Å². The number of nitrogens with one attached hydrogen (secondary N) is 1. The second-order valence-corrected chi connectivity index (χ2v) is 8.09. The van der Waals surface area contributed by atoms with Gasteiger partial charge in [-0.3, -0.25) is 0 Å². The van der Waals surface area contributed by atoms with Crippen LogP contribution in [0.15, 0.2) is 29.2 Å². The van der Waals surface area contributed by atoms with Crippen molar-refractivity contribution in [3.8, 4) is 0 Å². The standard InChI is InChI=1S/C16H26N2O2S/c1-13(2)15-9-11-18(12-15)21(19,20)16-6-4-14(5-7-16)8-10-17-3/h4-7,13,15,17H,8-12H2,1-3H3. The molecule has 1 heterocycles. The number of sulfonamides is 1. The van der Waals surface area contributed by atoms with Crippen molar-refractivity contribution in [3.05, 3.63) is 29.8 Å². The third kappa shape index (κ3) is 3.84.